The Bertz CT molecular complexity index is 1040. The van der Waals surface area contributed by atoms with Gasteiger partial charge in [-0.15, -0.1) is 0 Å². The molecule has 0 spiro atoms. The average Bonchev–Trinajstić information content (AvgIpc) is 2.96. The Kier molecular flexibility index (Phi) is 3.99. The zero-order valence-electron chi connectivity index (χ0n) is 13.3. The van der Waals surface area contributed by atoms with E-state index >= 15 is 0 Å². The van der Waals surface area contributed by atoms with E-state index in [9.17, 15) is 13.7 Å². The van der Waals surface area contributed by atoms with Crippen LogP contribution in [0.4, 0.5) is 5.82 Å². The van der Waals surface area contributed by atoms with Gasteiger partial charge in [-0.3, -0.25) is 9.40 Å². The first-order valence-electron chi connectivity index (χ1n) is 7.42. The predicted octanol–water partition coefficient (Wildman–Crippen LogP) is 3.29. The van der Waals surface area contributed by atoms with Crippen molar-refractivity contribution in [2.45, 2.75) is 24.8 Å². The number of nitrogens with zero attached hydrogens (tertiary/aromatic N) is 3. The molecular formula is C17H16N4O2S. The van der Waals surface area contributed by atoms with Crippen LogP contribution in [-0.4, -0.2) is 18.2 Å². The van der Waals surface area contributed by atoms with Crippen LogP contribution in [0.25, 0.3) is 10.8 Å². The van der Waals surface area contributed by atoms with Gasteiger partial charge in [0.25, 0.3) is 10.0 Å². The largest absolute Gasteiger partial charge is 0.267 e. The summed E-state index contributed by atoms with van der Waals surface area (Å²) >= 11 is 0. The minimum Gasteiger partial charge on any atom is -0.267 e. The molecule has 7 heteroatoms. The molecule has 0 aliphatic heterocycles. The fraction of sp³-hybridized carbons (Fsp3) is 0.176. The molecule has 0 atom stereocenters. The summed E-state index contributed by atoms with van der Waals surface area (Å²) in [5.41, 5.74) is 0.188. The molecule has 122 valence electrons. The number of fused-ring (bicyclic) bond motifs is 1. The third kappa shape index (κ3) is 2.84. The summed E-state index contributed by atoms with van der Waals surface area (Å²) in [5, 5.41) is 14.8. The molecule has 0 bridgehead atoms. The van der Waals surface area contributed by atoms with Gasteiger partial charge >= 0.3 is 0 Å². The first kappa shape index (κ1) is 16.0. The fourth-order valence-electron chi connectivity index (χ4n) is 2.43. The van der Waals surface area contributed by atoms with E-state index in [0.29, 0.717) is 5.39 Å². The van der Waals surface area contributed by atoms with Crippen LogP contribution in [-0.2, 0) is 10.0 Å². The highest BCUT2D eigenvalue weighted by atomic mass is 32.2. The molecule has 0 saturated heterocycles. The van der Waals surface area contributed by atoms with E-state index in [1.807, 2.05) is 38.1 Å². The van der Waals surface area contributed by atoms with E-state index in [2.05, 4.69) is 9.82 Å². The maximum absolute atomic E-state index is 12.8. The second-order valence-electron chi connectivity index (χ2n) is 5.66. The molecule has 0 aliphatic rings. The van der Waals surface area contributed by atoms with Gasteiger partial charge < -0.3 is 0 Å². The number of aromatic nitrogens is 2. The second kappa shape index (κ2) is 5.98. The van der Waals surface area contributed by atoms with Crippen LogP contribution in [0.3, 0.4) is 0 Å². The molecule has 0 fully saturated rings. The number of hydrogen-bond acceptors (Lipinski definition) is 4. The van der Waals surface area contributed by atoms with Crippen LogP contribution in [0.5, 0.6) is 0 Å². The van der Waals surface area contributed by atoms with Crippen molar-refractivity contribution in [2.75, 3.05) is 4.72 Å². The van der Waals surface area contributed by atoms with E-state index in [4.69, 9.17) is 0 Å². The first-order valence-corrected chi connectivity index (χ1v) is 8.90. The molecule has 0 radical (unpaired) electrons. The number of anilines is 1. The number of rotatable bonds is 4. The average molecular weight is 340 g/mol. The van der Waals surface area contributed by atoms with Crippen LogP contribution in [0, 0.1) is 11.3 Å². The van der Waals surface area contributed by atoms with Crippen molar-refractivity contribution >= 4 is 26.6 Å². The van der Waals surface area contributed by atoms with E-state index in [1.54, 1.807) is 22.9 Å². The van der Waals surface area contributed by atoms with Crippen LogP contribution in [0.1, 0.15) is 25.5 Å². The van der Waals surface area contributed by atoms with Crippen LogP contribution in [0.15, 0.2) is 53.6 Å². The molecule has 3 aromatic rings. The minimum atomic E-state index is -3.86. The van der Waals surface area contributed by atoms with E-state index in [-0.39, 0.29) is 22.3 Å². The molecule has 24 heavy (non-hydrogen) atoms. The highest BCUT2D eigenvalue weighted by Gasteiger charge is 2.21. The van der Waals surface area contributed by atoms with Crippen molar-refractivity contribution in [3.05, 3.63) is 54.2 Å². The number of nitriles is 1. The Hall–Kier alpha value is -2.85. The fourth-order valence-corrected chi connectivity index (χ4v) is 3.67. The van der Waals surface area contributed by atoms with Crippen molar-refractivity contribution in [2.24, 2.45) is 0 Å². The van der Waals surface area contributed by atoms with Crippen LogP contribution in [0.2, 0.25) is 0 Å². The van der Waals surface area contributed by atoms with Gasteiger partial charge in [-0.1, -0.05) is 36.4 Å². The molecule has 0 unspecified atom stereocenters. The monoisotopic (exact) mass is 340 g/mol. The third-order valence-electron chi connectivity index (χ3n) is 3.65. The maximum Gasteiger partial charge on any atom is 0.263 e. The molecule has 0 saturated carbocycles. The van der Waals surface area contributed by atoms with Gasteiger partial charge in [-0.2, -0.15) is 10.4 Å². The molecule has 1 aromatic heterocycles. The number of benzene rings is 2. The SMILES string of the molecule is CC(C)n1cc(C#N)c(NS(=O)(=O)c2cccc3ccccc23)n1. The van der Waals surface area contributed by atoms with Gasteiger partial charge in [0.1, 0.15) is 11.6 Å². The first-order chi connectivity index (χ1) is 11.4. The topological polar surface area (TPSA) is 87.8 Å². The van der Waals surface area contributed by atoms with E-state index in [0.717, 1.165) is 5.39 Å². The van der Waals surface area contributed by atoms with Gasteiger partial charge in [-0.25, -0.2) is 8.42 Å². The molecule has 6 nitrogen and oxygen atoms in total. The molecular weight excluding hydrogens is 324 g/mol. The van der Waals surface area contributed by atoms with Gasteiger partial charge in [0.2, 0.25) is 0 Å². The Labute approximate surface area is 140 Å². The summed E-state index contributed by atoms with van der Waals surface area (Å²) < 4.78 is 29.6. The number of hydrogen-bond donors (Lipinski definition) is 1. The summed E-state index contributed by atoms with van der Waals surface area (Å²) in [5.74, 6) is 0.0409. The lowest BCUT2D eigenvalue weighted by molar-refractivity contribution is 0.534. The maximum atomic E-state index is 12.8. The smallest absolute Gasteiger partial charge is 0.263 e. The highest BCUT2D eigenvalue weighted by Crippen LogP contribution is 2.25. The Morgan fingerprint density at radius 3 is 2.58 bits per heavy atom. The normalized spacial score (nSPS) is 11.6. The molecule has 0 amide bonds. The third-order valence-corrected chi connectivity index (χ3v) is 5.05. The molecule has 3 rings (SSSR count). The summed E-state index contributed by atoms with van der Waals surface area (Å²) in [6.45, 7) is 3.80. The van der Waals surface area contributed by atoms with Gasteiger partial charge in [0.05, 0.1) is 4.90 Å². The standard InChI is InChI=1S/C17H16N4O2S/c1-12(2)21-11-14(10-18)17(19-21)20-24(22,23)16-9-5-7-13-6-3-4-8-15(13)16/h3-9,11-12H,1-2H3,(H,19,20). The van der Waals surface area contributed by atoms with Crippen molar-refractivity contribution in [1.82, 2.24) is 9.78 Å². The Balaban J connectivity index is 2.08. The Morgan fingerprint density at radius 2 is 1.88 bits per heavy atom. The lowest BCUT2D eigenvalue weighted by Gasteiger charge is -2.09. The molecule has 0 aliphatic carbocycles. The highest BCUT2D eigenvalue weighted by molar-refractivity contribution is 7.93. The van der Waals surface area contributed by atoms with Crippen molar-refractivity contribution in [3.8, 4) is 6.07 Å². The van der Waals surface area contributed by atoms with E-state index in [1.165, 1.54) is 12.3 Å². The minimum absolute atomic E-state index is 0.0212. The molecule has 1 heterocycles. The second-order valence-corrected chi connectivity index (χ2v) is 7.31. The van der Waals surface area contributed by atoms with Crippen molar-refractivity contribution in [1.29, 1.82) is 5.26 Å². The number of sulfonamides is 1. The summed E-state index contributed by atoms with van der Waals surface area (Å²) in [6, 6.07) is 14.3. The lowest BCUT2D eigenvalue weighted by atomic mass is 10.1. The summed E-state index contributed by atoms with van der Waals surface area (Å²) in [6.07, 6.45) is 1.53. The van der Waals surface area contributed by atoms with Gasteiger partial charge in [0.15, 0.2) is 5.82 Å². The summed E-state index contributed by atoms with van der Waals surface area (Å²) in [4.78, 5) is 0.156. The predicted molar refractivity (Wildman–Crippen MR) is 92.1 cm³/mol. The lowest BCUT2D eigenvalue weighted by Crippen LogP contribution is -2.15. The van der Waals surface area contributed by atoms with E-state index < -0.39 is 10.0 Å². The molecule has 2 aromatic carbocycles. The van der Waals surface area contributed by atoms with Gasteiger partial charge in [0, 0.05) is 17.6 Å². The van der Waals surface area contributed by atoms with Crippen molar-refractivity contribution < 1.29 is 8.42 Å². The van der Waals surface area contributed by atoms with Gasteiger partial charge in [-0.05, 0) is 25.3 Å². The zero-order chi connectivity index (χ0) is 17.3. The molecule has 1 N–H and O–H groups in total. The quantitative estimate of drug-likeness (QED) is 0.789. The summed E-state index contributed by atoms with van der Waals surface area (Å²) in [7, 11) is -3.86. The van der Waals surface area contributed by atoms with Crippen LogP contribution >= 0.6 is 0 Å². The van der Waals surface area contributed by atoms with Crippen molar-refractivity contribution in [3.63, 3.8) is 0 Å². The Morgan fingerprint density at radius 1 is 1.17 bits per heavy atom. The number of nitrogens with one attached hydrogen (secondary N) is 1. The van der Waals surface area contributed by atoms with Crippen LogP contribution < -0.4 is 4.72 Å². The zero-order valence-corrected chi connectivity index (χ0v) is 14.1.